The van der Waals surface area contributed by atoms with E-state index in [0.29, 0.717) is 31.7 Å². The highest BCUT2D eigenvalue weighted by Gasteiger charge is 2.24. The number of nitrogens with zero attached hydrogens (tertiary/aromatic N) is 5. The molecular weight excluding hydrogens is 298 g/mol. The molecular formula is C15H17N5O3. The van der Waals surface area contributed by atoms with Gasteiger partial charge in [0.05, 0.1) is 4.92 Å². The van der Waals surface area contributed by atoms with Gasteiger partial charge in [0.1, 0.15) is 0 Å². The maximum atomic E-state index is 12.5. The summed E-state index contributed by atoms with van der Waals surface area (Å²) >= 11 is 0. The minimum absolute atomic E-state index is 0.0128. The van der Waals surface area contributed by atoms with Crippen LogP contribution in [0, 0.1) is 10.1 Å². The van der Waals surface area contributed by atoms with Crippen LogP contribution >= 0.6 is 0 Å². The number of anilines is 1. The van der Waals surface area contributed by atoms with Crippen LogP contribution in [0.4, 0.5) is 11.6 Å². The molecule has 1 amide bonds. The summed E-state index contributed by atoms with van der Waals surface area (Å²) in [5, 5.41) is 10.7. The van der Waals surface area contributed by atoms with Crippen LogP contribution in [0.5, 0.6) is 0 Å². The first kappa shape index (κ1) is 15.0. The fourth-order valence-corrected chi connectivity index (χ4v) is 2.68. The zero-order valence-electron chi connectivity index (χ0n) is 12.8. The predicted octanol–water partition coefficient (Wildman–Crippen LogP) is 1.29. The maximum Gasteiger partial charge on any atom is 0.269 e. The normalized spacial score (nSPS) is 14.8. The number of non-ortho nitro benzene ring substituents is 1. The molecule has 0 spiro atoms. The zero-order valence-corrected chi connectivity index (χ0v) is 12.8. The Morgan fingerprint density at radius 1 is 1.17 bits per heavy atom. The van der Waals surface area contributed by atoms with Gasteiger partial charge in [0.2, 0.25) is 5.95 Å². The molecule has 0 aliphatic carbocycles. The number of carbonyl (C=O) groups is 1. The Labute approximate surface area is 133 Å². The second-order valence-electron chi connectivity index (χ2n) is 5.42. The summed E-state index contributed by atoms with van der Waals surface area (Å²) < 4.78 is 1.95. The average Bonchev–Trinajstić information content (AvgIpc) is 3.00. The Morgan fingerprint density at radius 2 is 1.83 bits per heavy atom. The van der Waals surface area contributed by atoms with Gasteiger partial charge in [0.25, 0.3) is 11.6 Å². The van der Waals surface area contributed by atoms with Gasteiger partial charge in [-0.15, -0.1) is 0 Å². The third kappa shape index (κ3) is 3.01. The van der Waals surface area contributed by atoms with Crippen molar-refractivity contribution in [1.29, 1.82) is 0 Å². The molecule has 2 aromatic rings. The van der Waals surface area contributed by atoms with E-state index in [1.165, 1.54) is 24.3 Å². The van der Waals surface area contributed by atoms with Crippen molar-refractivity contribution in [1.82, 2.24) is 14.5 Å². The minimum Gasteiger partial charge on any atom is -0.339 e. The molecule has 1 aromatic heterocycles. The van der Waals surface area contributed by atoms with Crippen molar-refractivity contribution < 1.29 is 9.72 Å². The van der Waals surface area contributed by atoms with Gasteiger partial charge in [-0.25, -0.2) is 4.98 Å². The summed E-state index contributed by atoms with van der Waals surface area (Å²) in [5.74, 6) is 0.798. The Kier molecular flexibility index (Phi) is 3.96. The van der Waals surface area contributed by atoms with Crippen molar-refractivity contribution in [3.8, 4) is 0 Å². The Hall–Kier alpha value is -2.90. The van der Waals surface area contributed by atoms with E-state index in [1.54, 1.807) is 11.1 Å². The van der Waals surface area contributed by atoms with Crippen molar-refractivity contribution in [2.45, 2.75) is 0 Å². The molecule has 0 N–H and O–H groups in total. The monoisotopic (exact) mass is 315 g/mol. The standard InChI is InChI=1S/C15H17N5O3/c1-17-7-6-16-15(17)19-10-8-18(9-11-19)14(21)12-2-4-13(5-3-12)20(22)23/h2-7H,8-11H2,1H3. The summed E-state index contributed by atoms with van der Waals surface area (Å²) in [4.78, 5) is 30.9. The number of piperazine rings is 1. The second kappa shape index (κ2) is 6.07. The molecule has 1 fully saturated rings. The lowest BCUT2D eigenvalue weighted by molar-refractivity contribution is -0.384. The number of hydrogen-bond donors (Lipinski definition) is 0. The number of amides is 1. The maximum absolute atomic E-state index is 12.5. The number of nitro groups is 1. The summed E-state index contributed by atoms with van der Waals surface area (Å²) in [7, 11) is 1.94. The molecule has 0 saturated carbocycles. The summed E-state index contributed by atoms with van der Waals surface area (Å²) in [5.41, 5.74) is 0.460. The van der Waals surface area contributed by atoms with Crippen LogP contribution in [0.2, 0.25) is 0 Å². The summed E-state index contributed by atoms with van der Waals surface area (Å²) in [6.45, 7) is 2.62. The van der Waals surface area contributed by atoms with E-state index in [9.17, 15) is 14.9 Å². The number of benzene rings is 1. The van der Waals surface area contributed by atoms with E-state index in [4.69, 9.17) is 0 Å². The molecule has 1 saturated heterocycles. The number of imidazole rings is 1. The SMILES string of the molecule is Cn1ccnc1N1CCN(C(=O)c2ccc([N+](=O)[O-])cc2)CC1. The van der Waals surface area contributed by atoms with Gasteiger partial charge < -0.3 is 14.4 Å². The van der Waals surface area contributed by atoms with Crippen LogP contribution in [0.1, 0.15) is 10.4 Å². The van der Waals surface area contributed by atoms with Gasteiger partial charge in [-0.2, -0.15) is 0 Å². The number of rotatable bonds is 3. The quantitative estimate of drug-likeness (QED) is 0.629. The van der Waals surface area contributed by atoms with Crippen LogP contribution < -0.4 is 4.90 Å². The lowest BCUT2D eigenvalue weighted by Gasteiger charge is -2.35. The highest BCUT2D eigenvalue weighted by Crippen LogP contribution is 2.17. The van der Waals surface area contributed by atoms with E-state index < -0.39 is 4.92 Å². The van der Waals surface area contributed by atoms with Crippen LogP contribution in [0.3, 0.4) is 0 Å². The van der Waals surface area contributed by atoms with Crippen molar-refractivity contribution in [2.75, 3.05) is 31.1 Å². The van der Waals surface area contributed by atoms with Crippen LogP contribution in [-0.2, 0) is 7.05 Å². The molecule has 0 bridgehead atoms. The molecule has 8 nitrogen and oxygen atoms in total. The van der Waals surface area contributed by atoms with Gasteiger partial charge in [0.15, 0.2) is 0 Å². The molecule has 2 heterocycles. The minimum atomic E-state index is -0.472. The number of carbonyl (C=O) groups excluding carboxylic acids is 1. The first-order valence-corrected chi connectivity index (χ1v) is 7.32. The topological polar surface area (TPSA) is 84.5 Å². The molecule has 120 valence electrons. The third-order valence-electron chi connectivity index (χ3n) is 3.97. The lowest BCUT2D eigenvalue weighted by atomic mass is 10.1. The molecule has 3 rings (SSSR count). The second-order valence-corrected chi connectivity index (χ2v) is 5.42. The highest BCUT2D eigenvalue weighted by molar-refractivity contribution is 5.94. The third-order valence-corrected chi connectivity index (χ3v) is 3.97. The van der Waals surface area contributed by atoms with Gasteiger partial charge >= 0.3 is 0 Å². The first-order valence-electron chi connectivity index (χ1n) is 7.32. The van der Waals surface area contributed by atoms with Crippen molar-refractivity contribution in [3.05, 3.63) is 52.3 Å². The Bertz CT molecular complexity index is 717. The molecule has 0 atom stereocenters. The molecule has 1 aliphatic rings. The largest absolute Gasteiger partial charge is 0.339 e. The smallest absolute Gasteiger partial charge is 0.269 e. The van der Waals surface area contributed by atoms with Crippen molar-refractivity contribution in [2.24, 2.45) is 7.05 Å². The van der Waals surface area contributed by atoms with Crippen molar-refractivity contribution in [3.63, 3.8) is 0 Å². The highest BCUT2D eigenvalue weighted by atomic mass is 16.6. The van der Waals surface area contributed by atoms with E-state index >= 15 is 0 Å². The predicted molar refractivity (Wildman–Crippen MR) is 84.4 cm³/mol. The zero-order chi connectivity index (χ0) is 16.4. The molecule has 0 radical (unpaired) electrons. The number of hydrogen-bond acceptors (Lipinski definition) is 5. The number of aryl methyl sites for hydroxylation is 1. The molecule has 23 heavy (non-hydrogen) atoms. The number of nitro benzene ring substituents is 1. The van der Waals surface area contributed by atoms with Gasteiger partial charge in [-0.05, 0) is 12.1 Å². The van der Waals surface area contributed by atoms with E-state index in [0.717, 1.165) is 5.95 Å². The molecule has 8 heteroatoms. The Morgan fingerprint density at radius 3 is 2.35 bits per heavy atom. The molecule has 1 aliphatic heterocycles. The van der Waals surface area contributed by atoms with Crippen LogP contribution in [-0.4, -0.2) is 51.5 Å². The van der Waals surface area contributed by atoms with E-state index in [-0.39, 0.29) is 11.6 Å². The van der Waals surface area contributed by atoms with Crippen molar-refractivity contribution >= 4 is 17.5 Å². The van der Waals surface area contributed by atoms with Gasteiger partial charge in [0, 0.05) is 63.3 Å². The molecule has 0 unspecified atom stereocenters. The van der Waals surface area contributed by atoms with Gasteiger partial charge in [-0.3, -0.25) is 14.9 Å². The van der Waals surface area contributed by atoms with E-state index in [1.807, 2.05) is 17.8 Å². The summed E-state index contributed by atoms with van der Waals surface area (Å²) in [6, 6.07) is 5.73. The Balaban J connectivity index is 1.64. The van der Waals surface area contributed by atoms with Crippen LogP contribution in [0.15, 0.2) is 36.7 Å². The van der Waals surface area contributed by atoms with E-state index in [2.05, 4.69) is 9.88 Å². The fraction of sp³-hybridized carbons (Fsp3) is 0.333. The lowest BCUT2D eigenvalue weighted by Crippen LogP contribution is -2.49. The fourth-order valence-electron chi connectivity index (χ4n) is 2.68. The number of aromatic nitrogens is 2. The summed E-state index contributed by atoms with van der Waals surface area (Å²) in [6.07, 6.45) is 3.65. The first-order chi connectivity index (χ1) is 11.1. The van der Waals surface area contributed by atoms with Gasteiger partial charge in [-0.1, -0.05) is 0 Å². The van der Waals surface area contributed by atoms with Crippen LogP contribution in [0.25, 0.3) is 0 Å². The average molecular weight is 315 g/mol. The molecule has 1 aromatic carbocycles.